The van der Waals surface area contributed by atoms with Crippen molar-refractivity contribution in [2.75, 3.05) is 6.79 Å². The van der Waals surface area contributed by atoms with E-state index in [2.05, 4.69) is 0 Å². The minimum absolute atomic E-state index is 0. The first-order chi connectivity index (χ1) is 11.3. The molecule has 1 aromatic carbocycles. The molecule has 4 rings (SSSR count). The maximum atomic E-state index is 12.0. The quantitative estimate of drug-likeness (QED) is 0.461. The number of ether oxygens (including phenoxy) is 2. The standard InChI is InChI=1S/C15H11O3.C5H5.Fe/c16-13(7-5-11-3-1-2-4-11)12-6-8-14-15(9-12)18-10-17-14;1-2-4-5-3-1;/h1-9H,10H2;1-5H;/b7-5+;;. The molecule has 0 atom stereocenters. The minimum Gasteiger partial charge on any atom is -0.454 e. The van der Waals surface area contributed by atoms with Crippen molar-refractivity contribution in [3.05, 3.63) is 96.9 Å². The number of carbonyl (C=O) groups is 1. The van der Waals surface area contributed by atoms with E-state index in [1.54, 1.807) is 30.4 Å². The fraction of sp³-hybridized carbons (Fsp3) is 0.0500. The Balaban J connectivity index is 0.000000300. The summed E-state index contributed by atoms with van der Waals surface area (Å²) in [5.41, 5.74) is 1.62. The second-order valence-electron chi connectivity index (χ2n) is 4.95. The third-order valence-corrected chi connectivity index (χ3v) is 3.33. The first-order valence-corrected chi connectivity index (χ1v) is 7.33. The molecule has 0 saturated carbocycles. The van der Waals surface area contributed by atoms with E-state index in [1.165, 1.54) is 0 Å². The zero-order chi connectivity index (χ0) is 15.9. The van der Waals surface area contributed by atoms with Crippen molar-refractivity contribution in [2.45, 2.75) is 0 Å². The van der Waals surface area contributed by atoms with Crippen LogP contribution in [0.3, 0.4) is 0 Å². The molecule has 2 aliphatic carbocycles. The molecule has 2 radical (unpaired) electrons. The van der Waals surface area contributed by atoms with Crippen molar-refractivity contribution in [1.82, 2.24) is 0 Å². The van der Waals surface area contributed by atoms with Gasteiger partial charge in [-0.25, -0.2) is 0 Å². The molecule has 1 aliphatic heterocycles. The van der Waals surface area contributed by atoms with Gasteiger partial charge in [-0.05, 0) is 29.8 Å². The van der Waals surface area contributed by atoms with Crippen LogP contribution in [0.4, 0.5) is 0 Å². The maximum Gasteiger partial charge on any atom is 0.231 e. The van der Waals surface area contributed by atoms with Gasteiger partial charge in [0.15, 0.2) is 17.3 Å². The van der Waals surface area contributed by atoms with Gasteiger partial charge in [0.2, 0.25) is 6.79 Å². The zero-order valence-corrected chi connectivity index (χ0v) is 14.0. The summed E-state index contributed by atoms with van der Waals surface area (Å²) in [6, 6.07) is 5.21. The van der Waals surface area contributed by atoms with Gasteiger partial charge in [0, 0.05) is 35.5 Å². The van der Waals surface area contributed by atoms with E-state index in [9.17, 15) is 4.79 Å². The van der Waals surface area contributed by atoms with Crippen molar-refractivity contribution in [3.8, 4) is 11.5 Å². The normalized spacial score (nSPS) is 15.9. The first kappa shape index (κ1) is 18.1. The van der Waals surface area contributed by atoms with Gasteiger partial charge in [-0.2, -0.15) is 0 Å². The molecule has 24 heavy (non-hydrogen) atoms. The van der Waals surface area contributed by atoms with Crippen LogP contribution in [0.15, 0.2) is 78.5 Å². The number of rotatable bonds is 3. The van der Waals surface area contributed by atoms with Crippen molar-refractivity contribution >= 4 is 5.78 Å². The van der Waals surface area contributed by atoms with Gasteiger partial charge in [0.05, 0.1) is 0 Å². The first-order valence-electron chi connectivity index (χ1n) is 7.33. The third-order valence-electron chi connectivity index (χ3n) is 3.33. The van der Waals surface area contributed by atoms with Crippen molar-refractivity contribution in [3.63, 3.8) is 0 Å². The second-order valence-corrected chi connectivity index (χ2v) is 4.95. The SMILES string of the molecule is O=C(/C=C/C1=C[CH]C=C1)c1ccc2c(c1)OCO2.[CH]1C=CC=C1.[Fe]. The Morgan fingerprint density at radius 2 is 1.75 bits per heavy atom. The molecule has 0 unspecified atom stereocenters. The molecule has 1 aromatic rings. The molecular weight excluding hydrogens is 344 g/mol. The number of carbonyl (C=O) groups excluding carboxylic acids is 1. The number of fused-ring (bicyclic) bond motifs is 1. The van der Waals surface area contributed by atoms with Crippen LogP contribution >= 0.6 is 0 Å². The van der Waals surface area contributed by atoms with Gasteiger partial charge in [-0.15, -0.1) is 0 Å². The molecule has 0 saturated heterocycles. The summed E-state index contributed by atoms with van der Waals surface area (Å²) in [5, 5.41) is 0. The smallest absolute Gasteiger partial charge is 0.231 e. The van der Waals surface area contributed by atoms with Gasteiger partial charge in [-0.1, -0.05) is 48.6 Å². The van der Waals surface area contributed by atoms with Crippen LogP contribution in [-0.4, -0.2) is 12.6 Å². The molecule has 3 aliphatic rings. The van der Waals surface area contributed by atoms with E-state index in [1.807, 2.05) is 55.4 Å². The van der Waals surface area contributed by atoms with E-state index >= 15 is 0 Å². The topological polar surface area (TPSA) is 35.5 Å². The van der Waals surface area contributed by atoms with Crippen molar-refractivity contribution in [1.29, 1.82) is 0 Å². The molecule has 3 nitrogen and oxygen atoms in total. The van der Waals surface area contributed by atoms with E-state index < -0.39 is 0 Å². The third kappa shape index (κ3) is 4.85. The monoisotopic (exact) mass is 360 g/mol. The molecule has 0 fully saturated rings. The van der Waals surface area contributed by atoms with Gasteiger partial charge in [0.1, 0.15) is 0 Å². The molecule has 0 spiro atoms. The predicted molar refractivity (Wildman–Crippen MR) is 90.1 cm³/mol. The van der Waals surface area contributed by atoms with Crippen LogP contribution in [0.1, 0.15) is 10.4 Å². The molecule has 0 amide bonds. The van der Waals surface area contributed by atoms with Gasteiger partial charge in [-0.3, -0.25) is 4.79 Å². The van der Waals surface area contributed by atoms with Crippen molar-refractivity contribution < 1.29 is 31.3 Å². The fourth-order valence-electron chi connectivity index (χ4n) is 2.14. The van der Waals surface area contributed by atoms with Crippen molar-refractivity contribution in [2.24, 2.45) is 0 Å². The molecular formula is C20H16FeO3. The molecule has 122 valence electrons. The molecule has 4 heteroatoms. The van der Waals surface area contributed by atoms with Crippen LogP contribution in [0.25, 0.3) is 0 Å². The maximum absolute atomic E-state index is 12.0. The Labute approximate surface area is 152 Å². The number of allylic oxidation sites excluding steroid dienone is 10. The summed E-state index contributed by atoms with van der Waals surface area (Å²) < 4.78 is 10.4. The van der Waals surface area contributed by atoms with Gasteiger partial charge in [0.25, 0.3) is 0 Å². The van der Waals surface area contributed by atoms with Crippen LogP contribution < -0.4 is 9.47 Å². The summed E-state index contributed by atoms with van der Waals surface area (Å²) in [5.74, 6) is 1.27. The second kappa shape index (κ2) is 9.11. The number of hydrogen-bond acceptors (Lipinski definition) is 3. The van der Waals surface area contributed by atoms with E-state index in [-0.39, 0.29) is 29.6 Å². The van der Waals surface area contributed by atoms with Crippen LogP contribution in [0.2, 0.25) is 0 Å². The average molecular weight is 360 g/mol. The average Bonchev–Trinajstić information content (AvgIpc) is 3.36. The number of benzene rings is 1. The molecule has 0 aromatic heterocycles. The number of hydrogen-bond donors (Lipinski definition) is 0. The Kier molecular flexibility index (Phi) is 6.86. The Bertz CT molecular complexity index is 729. The van der Waals surface area contributed by atoms with E-state index in [0.717, 1.165) is 5.57 Å². The van der Waals surface area contributed by atoms with Crippen LogP contribution in [-0.2, 0) is 17.1 Å². The summed E-state index contributed by atoms with van der Waals surface area (Å²) in [7, 11) is 0. The molecule has 0 bridgehead atoms. The van der Waals surface area contributed by atoms with Crippen LogP contribution in [0, 0.1) is 12.8 Å². The summed E-state index contributed by atoms with van der Waals surface area (Å²) in [4.78, 5) is 12.0. The Morgan fingerprint density at radius 1 is 0.958 bits per heavy atom. The van der Waals surface area contributed by atoms with E-state index in [4.69, 9.17) is 9.47 Å². The minimum atomic E-state index is -0.0468. The number of ketones is 1. The van der Waals surface area contributed by atoms with Gasteiger partial charge >= 0.3 is 0 Å². The molecule has 1 heterocycles. The van der Waals surface area contributed by atoms with Gasteiger partial charge < -0.3 is 9.47 Å². The molecule has 0 N–H and O–H groups in total. The predicted octanol–water partition coefficient (Wildman–Crippen LogP) is 4.17. The zero-order valence-electron chi connectivity index (χ0n) is 12.9. The summed E-state index contributed by atoms with van der Waals surface area (Å²) in [6.07, 6.45) is 21.1. The summed E-state index contributed by atoms with van der Waals surface area (Å²) >= 11 is 0. The Morgan fingerprint density at radius 3 is 2.42 bits per heavy atom. The largest absolute Gasteiger partial charge is 0.454 e. The van der Waals surface area contributed by atoms with Crippen LogP contribution in [0.5, 0.6) is 11.5 Å². The Hall–Kier alpha value is -2.29. The fourth-order valence-corrected chi connectivity index (χ4v) is 2.14. The van der Waals surface area contributed by atoms with E-state index in [0.29, 0.717) is 17.1 Å². The summed E-state index contributed by atoms with van der Waals surface area (Å²) in [6.45, 7) is 0.219.